The Morgan fingerprint density at radius 1 is 0.840 bits per heavy atom. The first-order valence-electron chi connectivity index (χ1n) is 8.10. The number of amides is 1. The van der Waals surface area contributed by atoms with Gasteiger partial charge in [-0.25, -0.2) is 0 Å². The number of nitrogens with zero attached hydrogens (tertiary/aromatic N) is 3. The zero-order chi connectivity index (χ0) is 17.3. The molecule has 0 radical (unpaired) electrons. The maximum atomic E-state index is 12.0. The summed E-state index contributed by atoms with van der Waals surface area (Å²) in [5.41, 5.74) is 2.24. The molecule has 1 aromatic carbocycles. The molecule has 6 heteroatoms. The van der Waals surface area contributed by atoms with Crippen LogP contribution >= 0.6 is 0 Å². The van der Waals surface area contributed by atoms with Gasteiger partial charge in [-0.15, -0.1) is 10.2 Å². The number of hydrogen-bond acceptors (Lipinski definition) is 5. The smallest absolute Gasteiger partial charge is 0.225 e. The fraction of sp³-hybridized carbons (Fsp3) is 0.158. The van der Waals surface area contributed by atoms with Gasteiger partial charge in [0.25, 0.3) is 0 Å². The molecule has 0 aliphatic carbocycles. The topological polar surface area (TPSA) is 79.8 Å². The van der Waals surface area contributed by atoms with Crippen molar-refractivity contribution in [1.29, 1.82) is 0 Å². The number of hydrogen-bond donors (Lipinski definition) is 2. The summed E-state index contributed by atoms with van der Waals surface area (Å²) in [5.74, 6) is 1.03. The molecule has 0 saturated carbocycles. The molecule has 3 rings (SSSR count). The van der Waals surface area contributed by atoms with Gasteiger partial charge in [0.15, 0.2) is 5.82 Å². The van der Waals surface area contributed by atoms with Crippen molar-refractivity contribution >= 4 is 17.5 Å². The number of benzene rings is 1. The molecule has 0 saturated heterocycles. The van der Waals surface area contributed by atoms with E-state index in [-0.39, 0.29) is 5.91 Å². The van der Waals surface area contributed by atoms with Crippen molar-refractivity contribution < 1.29 is 4.79 Å². The zero-order valence-corrected chi connectivity index (χ0v) is 13.7. The van der Waals surface area contributed by atoms with E-state index in [1.54, 1.807) is 24.5 Å². The second-order valence-electron chi connectivity index (χ2n) is 5.55. The molecule has 6 nitrogen and oxygen atoms in total. The van der Waals surface area contributed by atoms with Crippen molar-refractivity contribution in [2.75, 3.05) is 10.6 Å². The molecule has 3 aromatic rings. The molecule has 25 heavy (non-hydrogen) atoms. The van der Waals surface area contributed by atoms with Crippen molar-refractivity contribution in [2.45, 2.75) is 19.4 Å². The van der Waals surface area contributed by atoms with E-state index in [9.17, 15) is 4.79 Å². The Morgan fingerprint density at radius 2 is 1.56 bits per heavy atom. The molecule has 126 valence electrons. The largest absolute Gasteiger partial charge is 0.365 e. The molecular formula is C19H19N5O. The van der Waals surface area contributed by atoms with Gasteiger partial charge in [0.05, 0.1) is 0 Å². The number of aryl methyl sites for hydroxylation is 1. The third-order valence-corrected chi connectivity index (χ3v) is 3.64. The van der Waals surface area contributed by atoms with Crippen LogP contribution in [0.25, 0.3) is 0 Å². The van der Waals surface area contributed by atoms with Crippen LogP contribution in [-0.4, -0.2) is 21.1 Å². The van der Waals surface area contributed by atoms with E-state index in [0.29, 0.717) is 31.0 Å². The van der Waals surface area contributed by atoms with Crippen molar-refractivity contribution in [3.63, 3.8) is 0 Å². The van der Waals surface area contributed by atoms with Crippen molar-refractivity contribution in [2.24, 2.45) is 0 Å². The Kier molecular flexibility index (Phi) is 5.66. The lowest BCUT2D eigenvalue weighted by Crippen LogP contribution is -2.14. The van der Waals surface area contributed by atoms with Crippen LogP contribution in [0.2, 0.25) is 0 Å². The van der Waals surface area contributed by atoms with Crippen molar-refractivity contribution in [1.82, 2.24) is 15.2 Å². The lowest BCUT2D eigenvalue weighted by molar-refractivity contribution is -0.116. The monoisotopic (exact) mass is 333 g/mol. The number of pyridine rings is 1. The Hall–Kier alpha value is -3.28. The summed E-state index contributed by atoms with van der Waals surface area (Å²) in [5, 5.41) is 14.0. The van der Waals surface area contributed by atoms with Gasteiger partial charge >= 0.3 is 0 Å². The van der Waals surface area contributed by atoms with E-state index >= 15 is 0 Å². The molecule has 0 fully saturated rings. The van der Waals surface area contributed by atoms with Gasteiger partial charge in [-0.1, -0.05) is 30.3 Å². The average molecular weight is 333 g/mol. The van der Waals surface area contributed by atoms with Crippen molar-refractivity contribution in [3.05, 3.63) is 78.1 Å². The van der Waals surface area contributed by atoms with Crippen molar-refractivity contribution in [3.8, 4) is 0 Å². The minimum absolute atomic E-state index is 0.0735. The van der Waals surface area contributed by atoms with E-state index in [1.165, 1.54) is 0 Å². The molecule has 0 unspecified atom stereocenters. The fourth-order valence-electron chi connectivity index (χ4n) is 2.29. The number of carbonyl (C=O) groups is 1. The predicted octanol–water partition coefficient (Wildman–Crippen LogP) is 3.06. The van der Waals surface area contributed by atoms with Gasteiger partial charge in [0, 0.05) is 25.4 Å². The number of rotatable bonds is 7. The summed E-state index contributed by atoms with van der Waals surface area (Å²) >= 11 is 0. The van der Waals surface area contributed by atoms with Crippen LogP contribution in [0.15, 0.2) is 67.0 Å². The summed E-state index contributed by atoms with van der Waals surface area (Å²) in [6, 6.07) is 17.3. The van der Waals surface area contributed by atoms with Gasteiger partial charge in [-0.3, -0.25) is 9.78 Å². The Balaban J connectivity index is 1.46. The third-order valence-electron chi connectivity index (χ3n) is 3.64. The summed E-state index contributed by atoms with van der Waals surface area (Å²) in [6.45, 7) is 0.639. The first-order chi connectivity index (χ1) is 12.3. The highest BCUT2D eigenvalue weighted by Crippen LogP contribution is 2.09. The lowest BCUT2D eigenvalue weighted by atomic mass is 10.1. The Labute approximate surface area is 146 Å². The van der Waals surface area contributed by atoms with Gasteiger partial charge in [-0.05, 0) is 41.8 Å². The van der Waals surface area contributed by atoms with Crippen LogP contribution in [0, 0.1) is 0 Å². The maximum absolute atomic E-state index is 12.0. The molecule has 0 bridgehead atoms. The summed E-state index contributed by atoms with van der Waals surface area (Å²) in [7, 11) is 0. The summed E-state index contributed by atoms with van der Waals surface area (Å²) < 4.78 is 0. The number of anilines is 2. The maximum Gasteiger partial charge on any atom is 0.225 e. The second-order valence-corrected chi connectivity index (χ2v) is 5.55. The van der Waals surface area contributed by atoms with Crippen LogP contribution < -0.4 is 10.6 Å². The Bertz CT molecular complexity index is 791. The van der Waals surface area contributed by atoms with E-state index in [2.05, 4.69) is 25.8 Å². The standard InChI is InChI=1S/C19H19N5O/c25-19(9-6-15-4-2-1-3-5-15)22-18-8-7-17(23-24-18)21-14-16-10-12-20-13-11-16/h1-5,7-8,10-13H,6,9,14H2,(H,21,23)(H,22,24,25). The highest BCUT2D eigenvalue weighted by atomic mass is 16.1. The number of nitrogens with one attached hydrogen (secondary N) is 2. The highest BCUT2D eigenvalue weighted by molar-refractivity contribution is 5.89. The van der Waals surface area contributed by atoms with Gasteiger partial charge in [0.1, 0.15) is 5.82 Å². The van der Waals surface area contributed by atoms with Gasteiger partial charge in [0.2, 0.25) is 5.91 Å². The molecule has 0 aliphatic rings. The molecule has 1 amide bonds. The minimum Gasteiger partial charge on any atom is -0.365 e. The van der Waals surface area contributed by atoms with E-state index in [4.69, 9.17) is 0 Å². The average Bonchev–Trinajstić information content (AvgIpc) is 2.67. The van der Waals surface area contributed by atoms with E-state index in [0.717, 1.165) is 11.1 Å². The summed E-state index contributed by atoms with van der Waals surface area (Å²) in [4.78, 5) is 16.0. The van der Waals surface area contributed by atoms with Crippen LogP contribution in [-0.2, 0) is 17.8 Å². The first-order valence-corrected chi connectivity index (χ1v) is 8.10. The Morgan fingerprint density at radius 3 is 2.28 bits per heavy atom. The SMILES string of the molecule is O=C(CCc1ccccc1)Nc1ccc(NCc2ccncc2)nn1. The van der Waals surface area contributed by atoms with Crippen LogP contribution in [0.4, 0.5) is 11.6 Å². The quantitative estimate of drug-likeness (QED) is 0.695. The molecule has 0 atom stereocenters. The molecule has 0 spiro atoms. The second kappa shape index (κ2) is 8.54. The van der Waals surface area contributed by atoms with Gasteiger partial charge in [-0.2, -0.15) is 0 Å². The number of carbonyl (C=O) groups excluding carboxylic acids is 1. The predicted molar refractivity (Wildman–Crippen MR) is 97.0 cm³/mol. The first kappa shape index (κ1) is 16.6. The molecule has 2 N–H and O–H groups in total. The normalized spacial score (nSPS) is 10.2. The van der Waals surface area contributed by atoms with E-state index in [1.807, 2.05) is 42.5 Å². The van der Waals surface area contributed by atoms with E-state index < -0.39 is 0 Å². The summed E-state index contributed by atoms with van der Waals surface area (Å²) in [6.07, 6.45) is 4.60. The van der Waals surface area contributed by atoms with Crippen LogP contribution in [0.3, 0.4) is 0 Å². The molecule has 2 heterocycles. The molecule has 0 aliphatic heterocycles. The van der Waals surface area contributed by atoms with Gasteiger partial charge < -0.3 is 10.6 Å². The zero-order valence-electron chi connectivity index (χ0n) is 13.7. The molecular weight excluding hydrogens is 314 g/mol. The fourth-order valence-corrected chi connectivity index (χ4v) is 2.29. The lowest BCUT2D eigenvalue weighted by Gasteiger charge is -2.07. The van der Waals surface area contributed by atoms with Crippen LogP contribution in [0.1, 0.15) is 17.5 Å². The van der Waals surface area contributed by atoms with Crippen LogP contribution in [0.5, 0.6) is 0 Å². The minimum atomic E-state index is -0.0735. The highest BCUT2D eigenvalue weighted by Gasteiger charge is 2.05. The number of aromatic nitrogens is 3. The molecule has 2 aromatic heterocycles. The third kappa shape index (κ3) is 5.39.